The van der Waals surface area contributed by atoms with Gasteiger partial charge in [0.25, 0.3) is 5.91 Å². The Labute approximate surface area is 160 Å². The lowest BCUT2D eigenvalue weighted by Gasteiger charge is -2.38. The van der Waals surface area contributed by atoms with Gasteiger partial charge in [-0.05, 0) is 38.1 Å². The number of amides is 1. The van der Waals surface area contributed by atoms with Gasteiger partial charge in [-0.1, -0.05) is 0 Å². The van der Waals surface area contributed by atoms with E-state index in [1.165, 1.54) is 30.5 Å². The van der Waals surface area contributed by atoms with Crippen molar-refractivity contribution in [1.29, 1.82) is 0 Å². The van der Waals surface area contributed by atoms with Crippen LogP contribution in [-0.2, 0) is 10.9 Å². The van der Waals surface area contributed by atoms with E-state index in [0.717, 1.165) is 12.3 Å². The van der Waals surface area contributed by atoms with E-state index < -0.39 is 17.6 Å². The van der Waals surface area contributed by atoms with Gasteiger partial charge in [0.2, 0.25) is 0 Å². The Hall–Kier alpha value is -2.81. The zero-order chi connectivity index (χ0) is 20.5. The fourth-order valence-electron chi connectivity index (χ4n) is 3.28. The lowest BCUT2D eigenvalue weighted by molar-refractivity contribution is -0.605. The largest absolute Gasteiger partial charge is 0.619 e. The first kappa shape index (κ1) is 19.9. The normalized spacial score (nSPS) is 20.1. The third-order valence-corrected chi connectivity index (χ3v) is 4.36. The minimum atomic E-state index is -4.59. The van der Waals surface area contributed by atoms with Crippen LogP contribution in [0.25, 0.3) is 0 Å². The Bertz CT molecular complexity index is 863. The van der Waals surface area contributed by atoms with Gasteiger partial charge in [-0.2, -0.15) is 17.9 Å². The summed E-state index contributed by atoms with van der Waals surface area (Å²) in [6.45, 7) is 4.30. The van der Waals surface area contributed by atoms with Crippen LogP contribution in [0.4, 0.5) is 24.5 Å². The number of morpholine rings is 1. The van der Waals surface area contributed by atoms with Gasteiger partial charge in [0, 0.05) is 30.5 Å². The number of hydrogen-bond acceptors (Lipinski definition) is 4. The first-order valence-corrected chi connectivity index (χ1v) is 8.75. The number of benzene rings is 1. The molecule has 2 heterocycles. The summed E-state index contributed by atoms with van der Waals surface area (Å²) in [6.07, 6.45) is -2.73. The molecule has 28 heavy (non-hydrogen) atoms. The second kappa shape index (κ2) is 7.67. The van der Waals surface area contributed by atoms with Gasteiger partial charge >= 0.3 is 6.18 Å². The van der Waals surface area contributed by atoms with Crippen LogP contribution in [0.15, 0.2) is 42.7 Å². The topological polar surface area (TPSA) is 68.5 Å². The van der Waals surface area contributed by atoms with E-state index >= 15 is 0 Å². The predicted molar refractivity (Wildman–Crippen MR) is 97.0 cm³/mol. The number of halogens is 3. The molecular weight excluding hydrogens is 375 g/mol. The molecule has 0 saturated carbocycles. The van der Waals surface area contributed by atoms with E-state index in [2.05, 4.69) is 5.32 Å². The van der Waals surface area contributed by atoms with Crippen molar-refractivity contribution < 1.29 is 27.4 Å². The van der Waals surface area contributed by atoms with Gasteiger partial charge in [-0.15, -0.1) is 0 Å². The number of nitrogens with zero attached hydrogens (tertiary/aromatic N) is 2. The summed E-state index contributed by atoms with van der Waals surface area (Å²) < 4.78 is 47.1. The molecule has 2 atom stereocenters. The molecule has 0 bridgehead atoms. The summed E-state index contributed by atoms with van der Waals surface area (Å²) in [5.41, 5.74) is -0.745. The maximum atomic E-state index is 13.7. The SMILES string of the molecule is C[C@@H]1CN(c2ccc(NC(=O)c3ccc[n+]([O-])c3)cc2C(F)(F)F)C[C@H](C)O1. The first-order chi connectivity index (χ1) is 13.1. The maximum Gasteiger partial charge on any atom is 0.418 e. The molecule has 0 unspecified atom stereocenters. The van der Waals surface area contributed by atoms with Crippen molar-refractivity contribution in [3.63, 3.8) is 0 Å². The van der Waals surface area contributed by atoms with Crippen molar-refractivity contribution in [3.05, 3.63) is 59.1 Å². The van der Waals surface area contributed by atoms with Crippen LogP contribution in [0.5, 0.6) is 0 Å². The quantitative estimate of drug-likeness (QED) is 0.640. The van der Waals surface area contributed by atoms with Crippen molar-refractivity contribution in [3.8, 4) is 0 Å². The molecule has 0 aliphatic carbocycles. The number of alkyl halides is 3. The van der Waals surface area contributed by atoms with E-state index in [1.54, 1.807) is 4.90 Å². The van der Waals surface area contributed by atoms with Gasteiger partial charge in [-0.25, -0.2) is 0 Å². The van der Waals surface area contributed by atoms with Crippen molar-refractivity contribution in [2.45, 2.75) is 32.2 Å². The number of rotatable bonds is 3. The van der Waals surface area contributed by atoms with Gasteiger partial charge in [-0.3, -0.25) is 4.79 Å². The average Bonchev–Trinajstić information content (AvgIpc) is 2.60. The number of aromatic nitrogens is 1. The molecule has 2 aromatic rings. The van der Waals surface area contributed by atoms with E-state index in [0.29, 0.717) is 17.8 Å². The number of anilines is 2. The number of ether oxygens (including phenoxy) is 1. The van der Waals surface area contributed by atoms with Crippen LogP contribution in [0.1, 0.15) is 29.8 Å². The van der Waals surface area contributed by atoms with E-state index in [1.807, 2.05) is 13.8 Å². The average molecular weight is 395 g/mol. The summed E-state index contributed by atoms with van der Waals surface area (Å²) in [6, 6.07) is 6.46. The van der Waals surface area contributed by atoms with E-state index in [4.69, 9.17) is 4.74 Å². The molecule has 1 fully saturated rings. The minimum absolute atomic E-state index is 0.00302. The lowest BCUT2D eigenvalue weighted by atomic mass is 10.1. The molecule has 1 aliphatic heterocycles. The standard InChI is InChI=1S/C19H20F3N3O3/c1-12-9-24(10-13(2)28-12)17-6-5-15(8-16(17)19(20,21)22)23-18(26)14-4-3-7-25(27)11-14/h3-8,11-13H,9-10H2,1-2H3,(H,23,26)/t12-,13+. The molecule has 3 rings (SSSR count). The van der Waals surface area contributed by atoms with Crippen LogP contribution in [0, 0.1) is 5.21 Å². The Morgan fingerprint density at radius 2 is 1.93 bits per heavy atom. The molecule has 1 aromatic carbocycles. The summed E-state index contributed by atoms with van der Waals surface area (Å²) in [5, 5.41) is 13.7. The highest BCUT2D eigenvalue weighted by Gasteiger charge is 2.36. The monoisotopic (exact) mass is 395 g/mol. The van der Waals surface area contributed by atoms with Crippen molar-refractivity contribution in [2.75, 3.05) is 23.3 Å². The Balaban J connectivity index is 1.89. The van der Waals surface area contributed by atoms with Gasteiger partial charge in [0.15, 0.2) is 12.4 Å². The van der Waals surface area contributed by atoms with Gasteiger partial charge in [0.1, 0.15) is 5.56 Å². The zero-order valence-corrected chi connectivity index (χ0v) is 15.4. The maximum absolute atomic E-state index is 13.7. The number of pyridine rings is 1. The molecule has 6 nitrogen and oxygen atoms in total. The Kier molecular flexibility index (Phi) is 5.46. The van der Waals surface area contributed by atoms with Crippen LogP contribution in [0.3, 0.4) is 0 Å². The molecule has 1 amide bonds. The second-order valence-electron chi connectivity index (χ2n) is 6.80. The molecule has 1 aliphatic rings. The molecular formula is C19H20F3N3O3. The second-order valence-corrected chi connectivity index (χ2v) is 6.80. The minimum Gasteiger partial charge on any atom is -0.619 e. The van der Waals surface area contributed by atoms with E-state index in [9.17, 15) is 23.2 Å². The molecule has 1 N–H and O–H groups in total. The third kappa shape index (κ3) is 4.53. The fourth-order valence-corrected chi connectivity index (χ4v) is 3.28. The van der Waals surface area contributed by atoms with Crippen LogP contribution in [-0.4, -0.2) is 31.2 Å². The summed E-state index contributed by atoms with van der Waals surface area (Å²) in [7, 11) is 0. The lowest BCUT2D eigenvalue weighted by Crippen LogP contribution is -2.46. The fraction of sp³-hybridized carbons (Fsp3) is 0.368. The molecule has 9 heteroatoms. The number of hydrogen-bond donors (Lipinski definition) is 1. The zero-order valence-electron chi connectivity index (χ0n) is 15.4. The van der Waals surface area contributed by atoms with Crippen molar-refractivity contribution >= 4 is 17.3 Å². The Morgan fingerprint density at radius 1 is 1.25 bits per heavy atom. The smallest absolute Gasteiger partial charge is 0.418 e. The predicted octanol–water partition coefficient (Wildman–Crippen LogP) is 3.20. The molecule has 1 saturated heterocycles. The summed E-state index contributed by atoms with van der Waals surface area (Å²) in [5.74, 6) is -0.667. The van der Waals surface area contributed by atoms with Crippen molar-refractivity contribution in [2.24, 2.45) is 0 Å². The third-order valence-electron chi connectivity index (χ3n) is 4.36. The van der Waals surface area contributed by atoms with Gasteiger partial charge < -0.3 is 20.2 Å². The summed E-state index contributed by atoms with van der Waals surface area (Å²) in [4.78, 5) is 13.9. The Morgan fingerprint density at radius 3 is 2.54 bits per heavy atom. The highest BCUT2D eigenvalue weighted by Crippen LogP contribution is 2.39. The van der Waals surface area contributed by atoms with Crippen LogP contribution < -0.4 is 14.9 Å². The molecule has 0 spiro atoms. The molecule has 0 radical (unpaired) electrons. The van der Waals surface area contributed by atoms with E-state index in [-0.39, 0.29) is 29.1 Å². The van der Waals surface area contributed by atoms with Crippen LogP contribution >= 0.6 is 0 Å². The van der Waals surface area contributed by atoms with Crippen molar-refractivity contribution in [1.82, 2.24) is 0 Å². The van der Waals surface area contributed by atoms with Crippen LogP contribution in [0.2, 0.25) is 0 Å². The number of carbonyl (C=O) groups excluding carboxylic acids is 1. The highest BCUT2D eigenvalue weighted by atomic mass is 19.4. The number of carbonyl (C=O) groups is 1. The highest BCUT2D eigenvalue weighted by molar-refractivity contribution is 6.04. The molecule has 1 aromatic heterocycles. The van der Waals surface area contributed by atoms with Gasteiger partial charge in [0.05, 0.1) is 17.8 Å². The molecule has 150 valence electrons. The summed E-state index contributed by atoms with van der Waals surface area (Å²) >= 11 is 0. The first-order valence-electron chi connectivity index (χ1n) is 8.75. The number of nitrogens with one attached hydrogen (secondary N) is 1.